The normalized spacial score (nSPS) is 12.0. The third kappa shape index (κ3) is 7.21. The molecule has 0 aliphatic heterocycles. The smallest absolute Gasteiger partial charge is 0.328 e. The van der Waals surface area contributed by atoms with Crippen LogP contribution >= 0.6 is 0 Å². The number of amides is 1. The Bertz CT molecular complexity index is 878. The number of esters is 1. The van der Waals surface area contributed by atoms with Gasteiger partial charge in [-0.2, -0.15) is 0 Å². The number of carbonyl (C=O) groups excluding carboxylic acids is 2. The standard InChI is InChI=1S/C22H24N2O5/c1-16(2)14-19(22(26)29-15-17-8-4-3-5-9-17)23-21(25)13-12-18-10-6-7-11-20(18)24(27)28/h3-13,16,19H,14-15H2,1-2H3,(H,23,25)/b13-12+/t19-/m0/s1. The molecule has 1 N–H and O–H groups in total. The summed E-state index contributed by atoms with van der Waals surface area (Å²) in [5, 5.41) is 13.7. The van der Waals surface area contributed by atoms with Gasteiger partial charge in [-0.05, 0) is 30.0 Å². The number of benzene rings is 2. The van der Waals surface area contributed by atoms with Gasteiger partial charge < -0.3 is 10.1 Å². The minimum atomic E-state index is -0.804. The predicted molar refractivity (Wildman–Crippen MR) is 110 cm³/mol. The molecule has 0 bridgehead atoms. The van der Waals surface area contributed by atoms with Gasteiger partial charge in [-0.15, -0.1) is 0 Å². The van der Waals surface area contributed by atoms with E-state index in [9.17, 15) is 19.7 Å². The molecule has 0 saturated heterocycles. The zero-order chi connectivity index (χ0) is 21.2. The van der Waals surface area contributed by atoms with Crippen LogP contribution in [0.1, 0.15) is 31.4 Å². The second-order valence-corrected chi connectivity index (χ2v) is 6.93. The van der Waals surface area contributed by atoms with Gasteiger partial charge >= 0.3 is 5.97 Å². The lowest BCUT2D eigenvalue weighted by Gasteiger charge is -2.18. The molecule has 7 nitrogen and oxygen atoms in total. The van der Waals surface area contributed by atoms with Crippen LogP contribution in [0.4, 0.5) is 5.69 Å². The van der Waals surface area contributed by atoms with Crippen LogP contribution in [0.5, 0.6) is 0 Å². The molecule has 2 aromatic carbocycles. The van der Waals surface area contributed by atoms with Crippen molar-refractivity contribution in [3.8, 4) is 0 Å². The summed E-state index contributed by atoms with van der Waals surface area (Å²) in [7, 11) is 0. The third-order valence-electron chi connectivity index (χ3n) is 4.08. The summed E-state index contributed by atoms with van der Waals surface area (Å²) in [6.45, 7) is 4.00. The van der Waals surface area contributed by atoms with E-state index >= 15 is 0 Å². The molecule has 0 saturated carbocycles. The summed E-state index contributed by atoms with van der Waals surface area (Å²) >= 11 is 0. The van der Waals surface area contributed by atoms with Crippen molar-refractivity contribution in [2.24, 2.45) is 5.92 Å². The maximum Gasteiger partial charge on any atom is 0.328 e. The largest absolute Gasteiger partial charge is 0.459 e. The number of nitrogens with one attached hydrogen (secondary N) is 1. The van der Waals surface area contributed by atoms with E-state index in [-0.39, 0.29) is 18.2 Å². The molecule has 29 heavy (non-hydrogen) atoms. The number of nitro groups is 1. The van der Waals surface area contributed by atoms with Crippen LogP contribution in [0.3, 0.4) is 0 Å². The zero-order valence-electron chi connectivity index (χ0n) is 16.4. The molecule has 1 amide bonds. The van der Waals surface area contributed by atoms with Crippen LogP contribution in [-0.2, 0) is 20.9 Å². The van der Waals surface area contributed by atoms with E-state index in [4.69, 9.17) is 4.74 Å². The van der Waals surface area contributed by atoms with Gasteiger partial charge in [-0.1, -0.05) is 56.3 Å². The SMILES string of the molecule is CC(C)C[C@H](NC(=O)/C=C/c1ccccc1[N+](=O)[O-])C(=O)OCc1ccccc1. The monoisotopic (exact) mass is 396 g/mol. The maximum atomic E-state index is 12.5. The Labute approximate surface area is 169 Å². The first-order valence-corrected chi connectivity index (χ1v) is 9.29. The lowest BCUT2D eigenvalue weighted by Crippen LogP contribution is -2.42. The minimum Gasteiger partial charge on any atom is -0.459 e. The topological polar surface area (TPSA) is 98.5 Å². The maximum absolute atomic E-state index is 12.5. The molecule has 152 valence electrons. The Morgan fingerprint density at radius 2 is 1.76 bits per heavy atom. The third-order valence-corrected chi connectivity index (χ3v) is 4.08. The highest BCUT2D eigenvalue weighted by Gasteiger charge is 2.23. The van der Waals surface area contributed by atoms with Gasteiger partial charge in [-0.3, -0.25) is 14.9 Å². The fraction of sp³-hybridized carbons (Fsp3) is 0.273. The Kier molecular flexibility index (Phi) is 8.09. The summed E-state index contributed by atoms with van der Waals surface area (Å²) in [5.41, 5.74) is 1.06. The lowest BCUT2D eigenvalue weighted by atomic mass is 10.0. The Balaban J connectivity index is 2.02. The van der Waals surface area contributed by atoms with Gasteiger partial charge in [0.2, 0.25) is 5.91 Å². The Hall–Kier alpha value is -3.48. The van der Waals surface area contributed by atoms with Crippen LogP contribution in [0, 0.1) is 16.0 Å². The van der Waals surface area contributed by atoms with Gasteiger partial charge in [0.1, 0.15) is 12.6 Å². The minimum absolute atomic E-state index is 0.0995. The van der Waals surface area contributed by atoms with Crippen molar-refractivity contribution in [2.75, 3.05) is 0 Å². The predicted octanol–water partition coefficient (Wildman–Crippen LogP) is 3.88. The Morgan fingerprint density at radius 3 is 2.41 bits per heavy atom. The molecule has 0 heterocycles. The van der Waals surface area contributed by atoms with E-state index in [0.29, 0.717) is 12.0 Å². The number of rotatable bonds is 9. The first-order chi connectivity index (χ1) is 13.9. The highest BCUT2D eigenvalue weighted by atomic mass is 16.6. The molecule has 1 atom stereocenters. The van der Waals surface area contributed by atoms with Gasteiger partial charge in [-0.25, -0.2) is 4.79 Å². The molecule has 7 heteroatoms. The van der Waals surface area contributed by atoms with Crippen molar-refractivity contribution in [3.05, 3.63) is 81.9 Å². The number of hydrogen-bond acceptors (Lipinski definition) is 5. The molecule has 2 rings (SSSR count). The molecule has 0 unspecified atom stereocenters. The van der Waals surface area contributed by atoms with Gasteiger partial charge in [0.05, 0.1) is 10.5 Å². The quantitative estimate of drug-likeness (QED) is 0.300. The molecule has 0 aliphatic carbocycles. The van der Waals surface area contributed by atoms with Crippen molar-refractivity contribution in [2.45, 2.75) is 32.9 Å². The summed E-state index contributed by atoms with van der Waals surface area (Å²) in [6, 6.07) is 14.6. The van der Waals surface area contributed by atoms with Crippen molar-refractivity contribution in [1.29, 1.82) is 0 Å². The molecule has 0 spiro atoms. The molecular weight excluding hydrogens is 372 g/mol. The molecule has 0 aliphatic rings. The van der Waals surface area contributed by atoms with Crippen LogP contribution in [0.15, 0.2) is 60.7 Å². The fourth-order valence-electron chi connectivity index (χ4n) is 2.69. The number of nitro benzene ring substituents is 1. The highest BCUT2D eigenvalue weighted by Crippen LogP contribution is 2.19. The average molecular weight is 396 g/mol. The van der Waals surface area contributed by atoms with Crippen LogP contribution < -0.4 is 5.32 Å². The molecule has 0 aromatic heterocycles. The lowest BCUT2D eigenvalue weighted by molar-refractivity contribution is -0.385. The molecular formula is C22H24N2O5. The van der Waals surface area contributed by atoms with Crippen molar-refractivity contribution >= 4 is 23.6 Å². The van der Waals surface area contributed by atoms with E-state index in [0.717, 1.165) is 5.56 Å². The number of hydrogen-bond donors (Lipinski definition) is 1. The molecule has 0 fully saturated rings. The van der Waals surface area contributed by atoms with E-state index in [1.807, 2.05) is 44.2 Å². The molecule has 0 radical (unpaired) electrons. The van der Waals surface area contributed by atoms with Gasteiger partial charge in [0.25, 0.3) is 5.69 Å². The second kappa shape index (κ2) is 10.8. The summed E-state index contributed by atoms with van der Waals surface area (Å²) < 4.78 is 5.34. The van der Waals surface area contributed by atoms with Crippen LogP contribution in [-0.4, -0.2) is 22.8 Å². The molecule has 2 aromatic rings. The fourth-order valence-corrected chi connectivity index (χ4v) is 2.69. The van der Waals surface area contributed by atoms with E-state index in [1.54, 1.807) is 18.2 Å². The number of para-hydroxylation sites is 1. The van der Waals surface area contributed by atoms with Gasteiger partial charge in [0, 0.05) is 12.1 Å². The Morgan fingerprint density at radius 1 is 1.10 bits per heavy atom. The summed E-state index contributed by atoms with van der Waals surface area (Å²) in [5.74, 6) is -0.885. The van der Waals surface area contributed by atoms with Crippen LogP contribution in [0.25, 0.3) is 6.08 Å². The number of carbonyl (C=O) groups is 2. The van der Waals surface area contributed by atoms with Crippen molar-refractivity contribution in [1.82, 2.24) is 5.32 Å². The van der Waals surface area contributed by atoms with Crippen LogP contribution in [0.2, 0.25) is 0 Å². The van der Waals surface area contributed by atoms with E-state index < -0.39 is 22.8 Å². The van der Waals surface area contributed by atoms with Crippen molar-refractivity contribution < 1.29 is 19.2 Å². The summed E-state index contributed by atoms with van der Waals surface area (Å²) in [6.07, 6.45) is 2.95. The van der Waals surface area contributed by atoms with Gasteiger partial charge in [0.15, 0.2) is 0 Å². The first kappa shape index (κ1) is 21.8. The highest BCUT2D eigenvalue weighted by molar-refractivity contribution is 5.95. The van der Waals surface area contributed by atoms with E-state index in [1.165, 1.54) is 18.2 Å². The number of ether oxygens (including phenoxy) is 1. The summed E-state index contributed by atoms with van der Waals surface area (Å²) in [4.78, 5) is 35.3. The average Bonchev–Trinajstić information content (AvgIpc) is 2.70. The first-order valence-electron chi connectivity index (χ1n) is 9.29. The van der Waals surface area contributed by atoms with E-state index in [2.05, 4.69) is 5.32 Å². The second-order valence-electron chi connectivity index (χ2n) is 6.93. The number of nitrogens with zero attached hydrogens (tertiary/aromatic N) is 1. The zero-order valence-corrected chi connectivity index (χ0v) is 16.4. The van der Waals surface area contributed by atoms with Crippen molar-refractivity contribution in [3.63, 3.8) is 0 Å².